The zero-order chi connectivity index (χ0) is 38.9. The smallest absolute Gasteiger partial charge is 0.127 e. The number of methoxy groups -OCH3 is 2. The molecule has 8 nitrogen and oxygen atoms in total. The Morgan fingerprint density at radius 2 is 1.23 bits per heavy atom. The van der Waals surface area contributed by atoms with Gasteiger partial charge in [0.05, 0.1) is 33.5 Å². The molecule has 0 aromatic heterocycles. The monoisotopic (exact) mass is 786 g/mol. The van der Waals surface area contributed by atoms with E-state index in [-0.39, 0.29) is 24.4 Å². The molecule has 6 rings (SSSR count). The van der Waals surface area contributed by atoms with Crippen LogP contribution in [-0.4, -0.2) is 47.0 Å². The van der Waals surface area contributed by atoms with Gasteiger partial charge in [-0.05, 0) is 135 Å². The Kier molecular flexibility index (Phi) is 14.1. The highest BCUT2D eigenvalue weighted by atomic mass is 79.9. The lowest BCUT2D eigenvalue weighted by atomic mass is 9.95. The molecule has 9 heteroatoms. The number of hydrogen-bond acceptors (Lipinski definition) is 8. The van der Waals surface area contributed by atoms with E-state index in [1.807, 2.05) is 94.4 Å². The van der Waals surface area contributed by atoms with Gasteiger partial charge in [0.15, 0.2) is 0 Å². The van der Waals surface area contributed by atoms with E-state index in [4.69, 9.17) is 24.1 Å². The second kappa shape index (κ2) is 18.1. The number of benzene rings is 4. The highest BCUT2D eigenvalue weighted by molar-refractivity contribution is 9.10. The average molecular weight is 788 g/mol. The first kappa shape index (κ1) is 41.3. The Labute approximate surface area is 321 Å². The largest absolute Gasteiger partial charge is 0.496 e. The molecule has 2 aliphatic rings. The van der Waals surface area contributed by atoms with Crippen molar-refractivity contribution in [3.63, 3.8) is 0 Å². The van der Waals surface area contributed by atoms with Crippen LogP contribution < -0.4 is 18.9 Å². The fraction of sp³-hybridized carbons (Fsp3) is 0.341. The molecular weight excluding hydrogens is 736 g/mol. The first-order valence-electron chi connectivity index (χ1n) is 17.5. The maximum Gasteiger partial charge on any atom is 0.127 e. The number of ether oxygens (including phenoxy) is 4. The molecule has 4 aromatic rings. The number of carbonyl (C=O) groups excluding carboxylic acids is 1. The zero-order valence-electron chi connectivity index (χ0n) is 31.8. The Bertz CT molecular complexity index is 1910. The number of aliphatic hydroxyl groups excluding tert-OH is 3. The number of fused-ring (bicyclic) bond motifs is 2. The number of aliphatic hydroxyl groups is 3. The summed E-state index contributed by atoms with van der Waals surface area (Å²) in [6, 6.07) is 19.3. The number of halogens is 1. The van der Waals surface area contributed by atoms with E-state index in [2.05, 4.69) is 48.0 Å². The fourth-order valence-corrected chi connectivity index (χ4v) is 6.38. The summed E-state index contributed by atoms with van der Waals surface area (Å²) >= 11 is 3.43. The molecular formula is C44H51BrO8. The Hall–Kier alpha value is -4.41. The SMILES string of the molecule is CC1(C)C=Cc2cc(Br)ccc2O1.COc1cc(CC(O)c2ccc3c(c2)C=CC(C)(C)O3)cc(CO)c1C.COc1cc(CC=O)cc(CO)c1C. The van der Waals surface area contributed by atoms with E-state index in [1.165, 1.54) is 0 Å². The van der Waals surface area contributed by atoms with Crippen LogP contribution in [0.3, 0.4) is 0 Å². The van der Waals surface area contributed by atoms with Gasteiger partial charge >= 0.3 is 0 Å². The lowest BCUT2D eigenvalue weighted by Gasteiger charge is -2.28. The molecule has 0 aliphatic carbocycles. The van der Waals surface area contributed by atoms with E-state index in [0.717, 1.165) is 78.1 Å². The predicted octanol–water partition coefficient (Wildman–Crippen LogP) is 8.83. The van der Waals surface area contributed by atoms with E-state index in [1.54, 1.807) is 14.2 Å². The van der Waals surface area contributed by atoms with Crippen molar-refractivity contribution < 1.29 is 39.1 Å². The minimum atomic E-state index is -0.650. The van der Waals surface area contributed by atoms with Gasteiger partial charge in [-0.3, -0.25) is 0 Å². The third-order valence-corrected chi connectivity index (χ3v) is 9.54. The third kappa shape index (κ3) is 11.1. The Morgan fingerprint density at radius 1 is 0.736 bits per heavy atom. The second-order valence-electron chi connectivity index (χ2n) is 14.1. The molecule has 2 heterocycles. The van der Waals surface area contributed by atoms with Crippen LogP contribution in [0.2, 0.25) is 0 Å². The normalized spacial score (nSPS) is 14.8. The summed E-state index contributed by atoms with van der Waals surface area (Å²) in [5, 5.41) is 29.3. The summed E-state index contributed by atoms with van der Waals surface area (Å²) in [4.78, 5) is 10.4. The van der Waals surface area contributed by atoms with Gasteiger partial charge in [-0.1, -0.05) is 46.3 Å². The molecule has 2 aliphatic heterocycles. The molecule has 1 unspecified atom stereocenters. The molecule has 0 saturated carbocycles. The summed E-state index contributed by atoms with van der Waals surface area (Å²) in [5.74, 6) is 3.22. The standard InChI is InChI=1S/C22H26O4.C11H11BrO.C11H14O3/c1-14-18(13-23)9-15(11-21(14)25-4)10-19(24)16-5-6-20-17(12-16)7-8-22(2,3)26-20;1-11(2)6-5-8-7-9(12)3-4-10(8)13-11;1-8-10(7-13)5-9(3-4-12)6-11(8)14-2/h5-9,11-12,19,23-24H,10,13H2,1-4H3;3-7H,1-2H3;4-6,13H,3,7H2,1-2H3. The van der Waals surface area contributed by atoms with Gasteiger partial charge < -0.3 is 39.1 Å². The van der Waals surface area contributed by atoms with Crippen molar-refractivity contribution >= 4 is 34.4 Å². The van der Waals surface area contributed by atoms with Gasteiger partial charge in [0.25, 0.3) is 0 Å². The lowest BCUT2D eigenvalue weighted by molar-refractivity contribution is -0.107. The lowest BCUT2D eigenvalue weighted by Crippen LogP contribution is -2.27. The van der Waals surface area contributed by atoms with Crippen LogP contribution in [0.25, 0.3) is 12.2 Å². The maximum absolute atomic E-state index is 10.7. The Balaban J connectivity index is 0.000000196. The van der Waals surface area contributed by atoms with Gasteiger partial charge in [-0.15, -0.1) is 0 Å². The minimum absolute atomic E-state index is 0.0328. The predicted molar refractivity (Wildman–Crippen MR) is 214 cm³/mol. The van der Waals surface area contributed by atoms with Crippen molar-refractivity contribution in [3.8, 4) is 23.0 Å². The minimum Gasteiger partial charge on any atom is -0.496 e. The maximum atomic E-state index is 10.7. The molecule has 1 atom stereocenters. The van der Waals surface area contributed by atoms with E-state index < -0.39 is 6.10 Å². The second-order valence-corrected chi connectivity index (χ2v) is 15.0. The van der Waals surface area contributed by atoms with Crippen LogP contribution >= 0.6 is 15.9 Å². The van der Waals surface area contributed by atoms with Gasteiger partial charge in [0, 0.05) is 28.4 Å². The van der Waals surface area contributed by atoms with Gasteiger partial charge in [0.1, 0.15) is 40.5 Å². The van der Waals surface area contributed by atoms with Crippen molar-refractivity contribution in [1.29, 1.82) is 0 Å². The Morgan fingerprint density at radius 3 is 1.74 bits per heavy atom. The fourth-order valence-electron chi connectivity index (χ4n) is 6.00. The summed E-state index contributed by atoms with van der Waals surface area (Å²) in [6.07, 6.45) is 9.21. The third-order valence-electron chi connectivity index (χ3n) is 9.05. The number of hydrogen-bond donors (Lipinski definition) is 3. The molecule has 0 amide bonds. The molecule has 0 bridgehead atoms. The van der Waals surface area contributed by atoms with Crippen LogP contribution in [0, 0.1) is 13.8 Å². The van der Waals surface area contributed by atoms with Crippen molar-refractivity contribution in [1.82, 2.24) is 0 Å². The van der Waals surface area contributed by atoms with E-state index in [9.17, 15) is 15.0 Å². The average Bonchev–Trinajstić information content (AvgIpc) is 3.12. The van der Waals surface area contributed by atoms with E-state index in [0.29, 0.717) is 18.6 Å². The van der Waals surface area contributed by atoms with Gasteiger partial charge in [0.2, 0.25) is 0 Å². The molecule has 0 spiro atoms. The molecule has 3 N–H and O–H groups in total. The van der Waals surface area contributed by atoms with Crippen LogP contribution in [0.4, 0.5) is 0 Å². The number of aldehydes is 1. The van der Waals surface area contributed by atoms with Crippen LogP contribution in [0.15, 0.2) is 77.3 Å². The molecule has 0 saturated heterocycles. The molecule has 0 radical (unpaired) electrons. The van der Waals surface area contributed by atoms with Gasteiger partial charge in [-0.2, -0.15) is 0 Å². The van der Waals surface area contributed by atoms with Crippen molar-refractivity contribution in [2.75, 3.05) is 14.2 Å². The number of carbonyl (C=O) groups is 1. The first-order chi connectivity index (χ1) is 25.1. The van der Waals surface area contributed by atoms with Crippen molar-refractivity contribution in [2.45, 2.75) is 84.9 Å². The van der Waals surface area contributed by atoms with Crippen LogP contribution in [-0.2, 0) is 30.8 Å². The van der Waals surface area contributed by atoms with E-state index >= 15 is 0 Å². The topological polar surface area (TPSA) is 115 Å². The first-order valence-corrected chi connectivity index (χ1v) is 18.3. The highest BCUT2D eigenvalue weighted by Crippen LogP contribution is 2.35. The summed E-state index contributed by atoms with van der Waals surface area (Å²) in [6.45, 7) is 11.8. The number of rotatable bonds is 9. The van der Waals surface area contributed by atoms with Crippen LogP contribution in [0.1, 0.15) is 83.9 Å². The summed E-state index contributed by atoms with van der Waals surface area (Å²) in [7, 11) is 3.19. The summed E-state index contributed by atoms with van der Waals surface area (Å²) < 4.78 is 23.3. The van der Waals surface area contributed by atoms with Crippen LogP contribution in [0.5, 0.6) is 23.0 Å². The summed E-state index contributed by atoms with van der Waals surface area (Å²) in [5.41, 5.74) is 7.70. The van der Waals surface area contributed by atoms with Crippen molar-refractivity contribution in [2.24, 2.45) is 0 Å². The molecule has 0 fully saturated rings. The van der Waals surface area contributed by atoms with Gasteiger partial charge in [-0.25, -0.2) is 0 Å². The molecule has 282 valence electrons. The highest BCUT2D eigenvalue weighted by Gasteiger charge is 2.23. The molecule has 53 heavy (non-hydrogen) atoms. The quantitative estimate of drug-likeness (QED) is 0.144. The zero-order valence-corrected chi connectivity index (χ0v) is 33.4. The molecule has 4 aromatic carbocycles. The van der Waals surface area contributed by atoms with Crippen molar-refractivity contribution in [3.05, 3.63) is 127 Å².